The van der Waals surface area contributed by atoms with Crippen molar-refractivity contribution in [3.05, 3.63) is 0 Å². The van der Waals surface area contributed by atoms with E-state index in [1.54, 1.807) is 6.92 Å². The van der Waals surface area contributed by atoms with E-state index in [0.29, 0.717) is 6.42 Å². The topological polar surface area (TPSA) is 46.5 Å². The number of carbonyl (C=O) groups is 1. The van der Waals surface area contributed by atoms with Crippen LogP contribution in [0.5, 0.6) is 0 Å². The van der Waals surface area contributed by atoms with Crippen LogP contribution in [0, 0.1) is 5.41 Å². The van der Waals surface area contributed by atoms with Crippen molar-refractivity contribution in [2.75, 3.05) is 7.11 Å². The highest BCUT2D eigenvalue weighted by atomic mass is 19.4. The van der Waals surface area contributed by atoms with E-state index in [-0.39, 0.29) is 12.8 Å². The van der Waals surface area contributed by atoms with Gasteiger partial charge in [-0.05, 0) is 32.1 Å². The molecule has 0 aliphatic heterocycles. The maximum Gasteiger partial charge on any atom is 0.417 e. The standard InChI is InChI=1S/C11H17F3O3/c1-3-9(8(15)17-2)4-6-10(16,7-5-9)11(12,13)14/h16H,3-7H2,1-2H3. The molecule has 6 heteroatoms. The summed E-state index contributed by atoms with van der Waals surface area (Å²) in [7, 11) is 1.23. The minimum atomic E-state index is -4.64. The van der Waals surface area contributed by atoms with Crippen LogP contribution < -0.4 is 0 Å². The lowest BCUT2D eigenvalue weighted by molar-refractivity contribution is -0.275. The van der Waals surface area contributed by atoms with Gasteiger partial charge in [0.1, 0.15) is 0 Å². The molecule has 1 aliphatic carbocycles. The molecule has 0 spiro atoms. The third-order valence-corrected chi connectivity index (χ3v) is 3.86. The van der Waals surface area contributed by atoms with Crippen LogP contribution in [0.4, 0.5) is 13.2 Å². The Morgan fingerprint density at radius 3 is 2.06 bits per heavy atom. The molecule has 0 atom stereocenters. The zero-order valence-electron chi connectivity index (χ0n) is 9.93. The van der Waals surface area contributed by atoms with Gasteiger partial charge in [0, 0.05) is 0 Å². The first kappa shape index (κ1) is 14.3. The predicted octanol–water partition coefficient (Wildman–Crippen LogP) is 2.42. The predicted molar refractivity (Wildman–Crippen MR) is 54.2 cm³/mol. The van der Waals surface area contributed by atoms with Crippen molar-refractivity contribution in [1.82, 2.24) is 0 Å². The molecule has 0 aromatic heterocycles. The third kappa shape index (κ3) is 2.41. The second-order valence-electron chi connectivity index (χ2n) is 4.65. The lowest BCUT2D eigenvalue weighted by Crippen LogP contribution is -2.51. The fourth-order valence-electron chi connectivity index (χ4n) is 2.34. The average molecular weight is 254 g/mol. The van der Waals surface area contributed by atoms with Gasteiger partial charge >= 0.3 is 12.1 Å². The molecule has 0 aromatic rings. The zero-order valence-corrected chi connectivity index (χ0v) is 9.93. The van der Waals surface area contributed by atoms with Gasteiger partial charge in [0.25, 0.3) is 0 Å². The summed E-state index contributed by atoms with van der Waals surface area (Å²) in [6.07, 6.45) is -5.09. The number of rotatable bonds is 2. The van der Waals surface area contributed by atoms with Crippen LogP contribution in [0.3, 0.4) is 0 Å². The highest BCUT2D eigenvalue weighted by Gasteiger charge is 2.58. The minimum Gasteiger partial charge on any atom is -0.469 e. The maximum absolute atomic E-state index is 12.6. The number of hydrogen-bond donors (Lipinski definition) is 1. The second-order valence-corrected chi connectivity index (χ2v) is 4.65. The zero-order chi connectivity index (χ0) is 13.3. The Balaban J connectivity index is 2.82. The van der Waals surface area contributed by atoms with Crippen molar-refractivity contribution in [3.63, 3.8) is 0 Å². The molecule has 0 unspecified atom stereocenters. The van der Waals surface area contributed by atoms with Crippen molar-refractivity contribution < 1.29 is 27.8 Å². The molecule has 0 heterocycles. The van der Waals surface area contributed by atoms with Crippen molar-refractivity contribution in [2.24, 2.45) is 5.41 Å². The van der Waals surface area contributed by atoms with Crippen LogP contribution in [-0.2, 0) is 9.53 Å². The van der Waals surface area contributed by atoms with Gasteiger partial charge < -0.3 is 9.84 Å². The van der Waals surface area contributed by atoms with E-state index in [2.05, 4.69) is 4.74 Å². The lowest BCUT2D eigenvalue weighted by Gasteiger charge is -2.42. The van der Waals surface area contributed by atoms with Gasteiger partial charge in [-0.15, -0.1) is 0 Å². The Morgan fingerprint density at radius 2 is 1.76 bits per heavy atom. The summed E-state index contributed by atoms with van der Waals surface area (Å²) < 4.78 is 42.4. The fraction of sp³-hybridized carbons (Fsp3) is 0.909. The molecule has 0 saturated heterocycles. The first-order valence-electron chi connectivity index (χ1n) is 5.58. The molecule has 1 saturated carbocycles. The van der Waals surface area contributed by atoms with Crippen LogP contribution in [0.2, 0.25) is 0 Å². The van der Waals surface area contributed by atoms with E-state index in [0.717, 1.165) is 0 Å². The van der Waals surface area contributed by atoms with Gasteiger partial charge in [0.15, 0.2) is 5.60 Å². The number of ether oxygens (including phenoxy) is 1. The summed E-state index contributed by atoms with van der Waals surface area (Å²) in [6, 6.07) is 0. The van der Waals surface area contributed by atoms with Crippen molar-refractivity contribution in [1.29, 1.82) is 0 Å². The molecule has 0 amide bonds. The third-order valence-electron chi connectivity index (χ3n) is 3.86. The van der Waals surface area contributed by atoms with Gasteiger partial charge in [-0.25, -0.2) is 0 Å². The highest BCUT2D eigenvalue weighted by molar-refractivity contribution is 5.76. The summed E-state index contributed by atoms with van der Waals surface area (Å²) >= 11 is 0. The normalized spacial score (nSPS) is 34.5. The fourth-order valence-corrected chi connectivity index (χ4v) is 2.34. The van der Waals surface area contributed by atoms with Gasteiger partial charge in [0.2, 0.25) is 0 Å². The van der Waals surface area contributed by atoms with E-state index in [1.807, 2.05) is 0 Å². The smallest absolute Gasteiger partial charge is 0.417 e. The Morgan fingerprint density at radius 1 is 1.29 bits per heavy atom. The summed E-state index contributed by atoms with van der Waals surface area (Å²) in [5.41, 5.74) is -3.52. The van der Waals surface area contributed by atoms with Gasteiger partial charge in [0.05, 0.1) is 12.5 Å². The van der Waals surface area contributed by atoms with E-state index in [4.69, 9.17) is 0 Å². The van der Waals surface area contributed by atoms with Crippen LogP contribution >= 0.6 is 0 Å². The largest absolute Gasteiger partial charge is 0.469 e. The molecular formula is C11H17F3O3. The molecule has 1 aliphatic rings. The van der Waals surface area contributed by atoms with E-state index >= 15 is 0 Å². The number of hydrogen-bond acceptors (Lipinski definition) is 3. The Labute approximate surface area is 97.9 Å². The summed E-state index contributed by atoms with van der Waals surface area (Å²) in [5, 5.41) is 9.51. The monoisotopic (exact) mass is 254 g/mol. The molecule has 0 aromatic carbocycles. The summed E-state index contributed by atoms with van der Waals surface area (Å²) in [5.74, 6) is -0.482. The van der Waals surface area contributed by atoms with Gasteiger partial charge in [-0.3, -0.25) is 4.79 Å². The number of esters is 1. The number of aliphatic hydroxyl groups is 1. The van der Waals surface area contributed by atoms with Crippen LogP contribution in [0.1, 0.15) is 39.0 Å². The molecule has 0 radical (unpaired) electrons. The van der Waals surface area contributed by atoms with Crippen LogP contribution in [0.15, 0.2) is 0 Å². The van der Waals surface area contributed by atoms with E-state index in [9.17, 15) is 23.1 Å². The Kier molecular flexibility index (Phi) is 3.76. The maximum atomic E-state index is 12.6. The van der Waals surface area contributed by atoms with Gasteiger partial charge in [-0.2, -0.15) is 13.2 Å². The van der Waals surface area contributed by atoms with Crippen molar-refractivity contribution >= 4 is 5.97 Å². The summed E-state index contributed by atoms with van der Waals surface area (Å²) in [6.45, 7) is 1.74. The number of methoxy groups -OCH3 is 1. The van der Waals surface area contributed by atoms with Crippen molar-refractivity contribution in [3.8, 4) is 0 Å². The molecule has 1 fully saturated rings. The molecule has 100 valence electrons. The number of carbonyl (C=O) groups excluding carboxylic acids is 1. The molecule has 3 nitrogen and oxygen atoms in total. The molecule has 1 N–H and O–H groups in total. The van der Waals surface area contributed by atoms with Crippen LogP contribution in [-0.4, -0.2) is 30.0 Å². The molecule has 0 bridgehead atoms. The molecule has 17 heavy (non-hydrogen) atoms. The van der Waals surface area contributed by atoms with Crippen LogP contribution in [0.25, 0.3) is 0 Å². The molecule has 1 rings (SSSR count). The van der Waals surface area contributed by atoms with Crippen molar-refractivity contribution in [2.45, 2.75) is 50.8 Å². The Hall–Kier alpha value is -0.780. The van der Waals surface area contributed by atoms with Gasteiger partial charge in [-0.1, -0.05) is 6.92 Å². The lowest BCUT2D eigenvalue weighted by atomic mass is 9.67. The van der Waals surface area contributed by atoms with E-state index in [1.165, 1.54) is 7.11 Å². The first-order valence-corrected chi connectivity index (χ1v) is 5.58. The first-order chi connectivity index (χ1) is 7.71. The highest BCUT2D eigenvalue weighted by Crippen LogP contribution is 2.49. The average Bonchev–Trinajstić information content (AvgIpc) is 2.28. The SMILES string of the molecule is CCC1(C(=O)OC)CCC(O)(C(F)(F)F)CC1. The number of halogens is 3. The summed E-state index contributed by atoms with van der Waals surface area (Å²) in [4.78, 5) is 11.6. The number of alkyl halides is 3. The van der Waals surface area contributed by atoms with E-state index < -0.39 is 36.0 Å². The quantitative estimate of drug-likeness (QED) is 0.770. The second kappa shape index (κ2) is 4.48. The Bertz CT molecular complexity index is 291. The molecular weight excluding hydrogens is 237 g/mol. The minimum absolute atomic E-state index is 0.00613.